The van der Waals surface area contributed by atoms with E-state index in [1.165, 1.54) is 11.3 Å². The van der Waals surface area contributed by atoms with Crippen LogP contribution in [0.3, 0.4) is 0 Å². The Morgan fingerprint density at radius 3 is 3.13 bits per heavy atom. The highest BCUT2D eigenvalue weighted by atomic mass is 79.9. The lowest BCUT2D eigenvalue weighted by Crippen LogP contribution is -2.40. The molecule has 0 bridgehead atoms. The number of hydrogen-bond donors (Lipinski definition) is 0. The van der Waals surface area contributed by atoms with Crippen LogP contribution in [-0.4, -0.2) is 33.7 Å². The summed E-state index contributed by atoms with van der Waals surface area (Å²) in [6.07, 6.45) is 2.24. The fourth-order valence-electron chi connectivity index (χ4n) is 1.76. The summed E-state index contributed by atoms with van der Waals surface area (Å²) in [5.41, 5.74) is 2.58. The molecule has 0 spiro atoms. The molecule has 0 aliphatic carbocycles. The molecule has 0 radical (unpaired) electrons. The van der Waals surface area contributed by atoms with E-state index in [9.17, 15) is 4.79 Å². The molecular weight excluding hydrogens is 276 g/mol. The van der Waals surface area contributed by atoms with Gasteiger partial charge in [-0.3, -0.25) is 4.79 Å². The number of halogens is 1. The number of thiazole rings is 1. The van der Waals surface area contributed by atoms with Gasteiger partial charge in [-0.1, -0.05) is 15.9 Å². The minimum Gasteiger partial charge on any atom is -0.337 e. The van der Waals surface area contributed by atoms with E-state index in [1.807, 2.05) is 11.8 Å². The van der Waals surface area contributed by atoms with E-state index in [0.29, 0.717) is 4.83 Å². The van der Waals surface area contributed by atoms with Crippen LogP contribution in [0.2, 0.25) is 0 Å². The maximum absolute atomic E-state index is 12.1. The maximum atomic E-state index is 12.1. The molecule has 1 atom stereocenters. The van der Waals surface area contributed by atoms with Gasteiger partial charge in [0.1, 0.15) is 4.88 Å². The third kappa shape index (κ3) is 2.39. The van der Waals surface area contributed by atoms with Gasteiger partial charge in [-0.05, 0) is 19.8 Å². The first-order valence-electron chi connectivity index (χ1n) is 5.02. The van der Waals surface area contributed by atoms with Crippen molar-refractivity contribution in [1.29, 1.82) is 0 Å². The number of alkyl halides is 1. The van der Waals surface area contributed by atoms with Crippen molar-refractivity contribution < 1.29 is 4.79 Å². The highest BCUT2D eigenvalue weighted by Gasteiger charge is 2.24. The van der Waals surface area contributed by atoms with Gasteiger partial charge in [0.15, 0.2) is 0 Å². The number of likely N-dealkylation sites (tertiary alicyclic amines) is 1. The predicted molar refractivity (Wildman–Crippen MR) is 64.7 cm³/mol. The van der Waals surface area contributed by atoms with Gasteiger partial charge in [0, 0.05) is 17.9 Å². The number of hydrogen-bond acceptors (Lipinski definition) is 3. The number of aryl methyl sites for hydroxylation is 1. The third-order valence-corrected chi connectivity index (χ3v) is 4.25. The first kappa shape index (κ1) is 11.1. The van der Waals surface area contributed by atoms with Crippen molar-refractivity contribution in [3.8, 4) is 0 Å². The summed E-state index contributed by atoms with van der Waals surface area (Å²) in [5, 5.41) is 0. The van der Waals surface area contributed by atoms with Gasteiger partial charge in [-0.25, -0.2) is 4.98 Å². The molecule has 2 heterocycles. The van der Waals surface area contributed by atoms with Crippen molar-refractivity contribution in [3.63, 3.8) is 0 Å². The Bertz CT molecular complexity index is 366. The number of carbonyl (C=O) groups excluding carboxylic acids is 1. The molecule has 15 heavy (non-hydrogen) atoms. The molecular formula is C10H13BrN2OS. The average Bonchev–Trinajstić information content (AvgIpc) is 2.63. The van der Waals surface area contributed by atoms with E-state index in [2.05, 4.69) is 20.9 Å². The Labute approximate surface area is 102 Å². The molecule has 0 N–H and O–H groups in total. The Morgan fingerprint density at radius 2 is 2.53 bits per heavy atom. The molecule has 1 aromatic heterocycles. The van der Waals surface area contributed by atoms with Crippen LogP contribution in [0.25, 0.3) is 0 Å². The summed E-state index contributed by atoms with van der Waals surface area (Å²) >= 11 is 5.01. The molecule has 82 valence electrons. The van der Waals surface area contributed by atoms with Gasteiger partial charge in [-0.15, -0.1) is 11.3 Å². The second kappa shape index (κ2) is 4.61. The zero-order valence-electron chi connectivity index (χ0n) is 8.57. The van der Waals surface area contributed by atoms with Gasteiger partial charge in [0.05, 0.1) is 11.2 Å². The third-order valence-electron chi connectivity index (χ3n) is 2.59. The van der Waals surface area contributed by atoms with Crippen LogP contribution < -0.4 is 0 Å². The van der Waals surface area contributed by atoms with E-state index < -0.39 is 0 Å². The van der Waals surface area contributed by atoms with Crippen LogP contribution in [0.5, 0.6) is 0 Å². The monoisotopic (exact) mass is 288 g/mol. The van der Waals surface area contributed by atoms with Crippen LogP contribution in [0.1, 0.15) is 28.2 Å². The van der Waals surface area contributed by atoms with Gasteiger partial charge in [0.25, 0.3) is 5.91 Å². The van der Waals surface area contributed by atoms with Crippen molar-refractivity contribution in [2.45, 2.75) is 24.6 Å². The van der Waals surface area contributed by atoms with Crippen molar-refractivity contribution in [1.82, 2.24) is 9.88 Å². The van der Waals surface area contributed by atoms with E-state index in [0.717, 1.165) is 36.5 Å². The van der Waals surface area contributed by atoms with E-state index in [1.54, 1.807) is 5.51 Å². The van der Waals surface area contributed by atoms with Gasteiger partial charge >= 0.3 is 0 Å². The molecule has 1 saturated heterocycles. The summed E-state index contributed by atoms with van der Waals surface area (Å²) in [7, 11) is 0. The smallest absolute Gasteiger partial charge is 0.265 e. The Morgan fingerprint density at radius 1 is 1.73 bits per heavy atom. The van der Waals surface area contributed by atoms with Crippen molar-refractivity contribution in [2.24, 2.45) is 0 Å². The van der Waals surface area contributed by atoms with Crippen molar-refractivity contribution >= 4 is 33.2 Å². The Kier molecular flexibility index (Phi) is 3.41. The Balaban J connectivity index is 2.11. The average molecular weight is 289 g/mol. The molecule has 1 fully saturated rings. The first-order valence-corrected chi connectivity index (χ1v) is 6.81. The predicted octanol–water partition coefficient (Wildman–Crippen LogP) is 2.45. The van der Waals surface area contributed by atoms with E-state index in [-0.39, 0.29) is 5.91 Å². The van der Waals surface area contributed by atoms with Crippen LogP contribution >= 0.6 is 27.3 Å². The lowest BCUT2D eigenvalue weighted by molar-refractivity contribution is 0.0734. The van der Waals surface area contributed by atoms with Gasteiger partial charge in [-0.2, -0.15) is 0 Å². The number of rotatable bonds is 1. The molecule has 1 aromatic rings. The maximum Gasteiger partial charge on any atom is 0.265 e. The lowest BCUT2D eigenvalue weighted by Gasteiger charge is -2.29. The second-order valence-electron chi connectivity index (χ2n) is 3.76. The van der Waals surface area contributed by atoms with Crippen LogP contribution in [0.4, 0.5) is 0 Å². The molecule has 1 amide bonds. The normalized spacial score (nSPS) is 21.7. The fraction of sp³-hybridized carbons (Fsp3) is 0.600. The molecule has 2 rings (SSSR count). The molecule has 5 heteroatoms. The Hall–Kier alpha value is -0.420. The summed E-state index contributed by atoms with van der Waals surface area (Å²) in [5.74, 6) is 0.138. The highest BCUT2D eigenvalue weighted by molar-refractivity contribution is 9.09. The summed E-state index contributed by atoms with van der Waals surface area (Å²) in [4.78, 5) is 19.4. The number of amides is 1. The van der Waals surface area contributed by atoms with Crippen LogP contribution in [0.15, 0.2) is 5.51 Å². The van der Waals surface area contributed by atoms with Gasteiger partial charge in [0.2, 0.25) is 0 Å². The molecule has 0 saturated carbocycles. The van der Waals surface area contributed by atoms with Crippen molar-refractivity contribution in [2.75, 3.05) is 13.1 Å². The van der Waals surface area contributed by atoms with Crippen LogP contribution in [-0.2, 0) is 0 Å². The number of carbonyl (C=O) groups is 1. The highest BCUT2D eigenvalue weighted by Crippen LogP contribution is 2.21. The summed E-state index contributed by atoms with van der Waals surface area (Å²) in [6.45, 7) is 3.58. The standard InChI is InChI=1S/C10H13BrN2OS/c1-7-9(15-6-12-7)10(14)13-4-2-3-8(11)5-13/h6,8H,2-5H2,1H3. The number of nitrogens with zero attached hydrogens (tertiary/aromatic N) is 2. The topological polar surface area (TPSA) is 33.2 Å². The van der Waals surface area contributed by atoms with Crippen LogP contribution in [0, 0.1) is 6.92 Å². The molecule has 1 unspecified atom stereocenters. The summed E-state index contributed by atoms with van der Waals surface area (Å²) in [6, 6.07) is 0. The largest absolute Gasteiger partial charge is 0.337 e. The zero-order valence-corrected chi connectivity index (χ0v) is 11.0. The first-order chi connectivity index (χ1) is 7.18. The number of aromatic nitrogens is 1. The lowest BCUT2D eigenvalue weighted by atomic mass is 10.1. The number of piperidine rings is 1. The molecule has 1 aliphatic heterocycles. The second-order valence-corrected chi connectivity index (χ2v) is 5.91. The van der Waals surface area contributed by atoms with Crippen molar-refractivity contribution in [3.05, 3.63) is 16.1 Å². The zero-order chi connectivity index (χ0) is 10.8. The molecule has 0 aromatic carbocycles. The fourth-order valence-corrected chi connectivity index (χ4v) is 3.20. The van der Waals surface area contributed by atoms with E-state index >= 15 is 0 Å². The molecule has 3 nitrogen and oxygen atoms in total. The minimum absolute atomic E-state index is 0.138. The molecule has 1 aliphatic rings. The van der Waals surface area contributed by atoms with E-state index in [4.69, 9.17) is 0 Å². The SMILES string of the molecule is Cc1ncsc1C(=O)N1CCCC(Br)C1. The quantitative estimate of drug-likeness (QED) is 0.744. The summed E-state index contributed by atoms with van der Waals surface area (Å²) < 4.78 is 0. The van der Waals surface area contributed by atoms with Gasteiger partial charge < -0.3 is 4.90 Å². The minimum atomic E-state index is 0.138.